The molecule has 0 spiro atoms. The summed E-state index contributed by atoms with van der Waals surface area (Å²) in [5, 5.41) is 7.73. The molecule has 1 saturated carbocycles. The van der Waals surface area contributed by atoms with Crippen LogP contribution < -0.4 is 5.32 Å². The molecule has 2 aromatic heterocycles. The van der Waals surface area contributed by atoms with Crippen LogP contribution in [0.25, 0.3) is 9.88 Å². The van der Waals surface area contributed by atoms with E-state index in [-0.39, 0.29) is 11.7 Å². The maximum Gasteiger partial charge on any atom is 0.232 e. The standard InChI is InChI=1S/C14H16N2O2S3/c17-13(15-6-10-3-4-10)9-21(18)8-11-7-20-14(16-11)12-2-1-5-19-12/h1-2,5,7,10H,3-4,6,8-9H2,(H,15,17)/t21-/m0/s1. The Morgan fingerprint density at radius 1 is 1.43 bits per heavy atom. The summed E-state index contributed by atoms with van der Waals surface area (Å²) in [5.41, 5.74) is 0.803. The molecule has 1 aliphatic carbocycles. The van der Waals surface area contributed by atoms with E-state index in [0.29, 0.717) is 11.7 Å². The van der Waals surface area contributed by atoms with E-state index in [4.69, 9.17) is 0 Å². The molecule has 7 heteroatoms. The number of nitrogens with zero attached hydrogens (tertiary/aromatic N) is 1. The maximum atomic E-state index is 12.0. The van der Waals surface area contributed by atoms with Crippen molar-refractivity contribution in [2.75, 3.05) is 12.3 Å². The second-order valence-corrected chi connectivity index (χ2v) is 8.36. The van der Waals surface area contributed by atoms with Crippen molar-refractivity contribution in [3.8, 4) is 9.88 Å². The normalized spacial score (nSPS) is 15.8. The third-order valence-electron chi connectivity index (χ3n) is 3.17. The molecule has 0 aromatic carbocycles. The van der Waals surface area contributed by atoms with Crippen molar-refractivity contribution in [3.63, 3.8) is 0 Å². The number of hydrogen-bond acceptors (Lipinski definition) is 5. The Labute approximate surface area is 134 Å². The summed E-state index contributed by atoms with van der Waals surface area (Å²) >= 11 is 3.20. The lowest BCUT2D eigenvalue weighted by molar-refractivity contribution is -0.118. The second-order valence-electron chi connectivity index (χ2n) is 5.10. The lowest BCUT2D eigenvalue weighted by Gasteiger charge is -2.03. The molecule has 112 valence electrons. The van der Waals surface area contributed by atoms with Crippen molar-refractivity contribution in [1.29, 1.82) is 0 Å². The molecule has 0 unspecified atom stereocenters. The van der Waals surface area contributed by atoms with Crippen LogP contribution in [0.1, 0.15) is 18.5 Å². The van der Waals surface area contributed by atoms with Gasteiger partial charge < -0.3 is 5.32 Å². The Kier molecular flexibility index (Phi) is 4.82. The van der Waals surface area contributed by atoms with Gasteiger partial charge in [0.05, 0.1) is 16.3 Å². The molecular weight excluding hydrogens is 324 g/mol. The van der Waals surface area contributed by atoms with E-state index in [1.54, 1.807) is 22.7 Å². The van der Waals surface area contributed by atoms with Crippen LogP contribution in [0, 0.1) is 5.92 Å². The third-order valence-corrected chi connectivity index (χ3v) is 6.30. The summed E-state index contributed by atoms with van der Waals surface area (Å²) in [5.74, 6) is 0.945. The minimum Gasteiger partial charge on any atom is -0.355 e. The van der Waals surface area contributed by atoms with Gasteiger partial charge in [0.1, 0.15) is 10.8 Å². The maximum absolute atomic E-state index is 12.0. The number of nitrogens with one attached hydrogen (secondary N) is 1. The van der Waals surface area contributed by atoms with Crippen LogP contribution in [-0.4, -0.2) is 27.4 Å². The molecule has 1 amide bonds. The number of carbonyl (C=O) groups excluding carboxylic acids is 1. The monoisotopic (exact) mass is 340 g/mol. The van der Waals surface area contributed by atoms with Gasteiger partial charge >= 0.3 is 0 Å². The average Bonchev–Trinajstić information content (AvgIpc) is 2.92. The van der Waals surface area contributed by atoms with Gasteiger partial charge in [0, 0.05) is 22.7 Å². The summed E-state index contributed by atoms with van der Waals surface area (Å²) in [6, 6.07) is 4.01. The topological polar surface area (TPSA) is 59.1 Å². The third kappa shape index (κ3) is 4.46. The molecular formula is C14H16N2O2S3. The zero-order valence-corrected chi connectivity index (χ0v) is 13.9. The van der Waals surface area contributed by atoms with E-state index in [2.05, 4.69) is 10.3 Å². The van der Waals surface area contributed by atoms with E-state index in [9.17, 15) is 9.00 Å². The molecule has 21 heavy (non-hydrogen) atoms. The lowest BCUT2D eigenvalue weighted by atomic mass is 10.4. The van der Waals surface area contributed by atoms with Crippen molar-refractivity contribution < 1.29 is 9.00 Å². The van der Waals surface area contributed by atoms with E-state index < -0.39 is 10.8 Å². The Balaban J connectivity index is 1.49. The van der Waals surface area contributed by atoms with Crippen LogP contribution in [0.2, 0.25) is 0 Å². The predicted octanol–water partition coefficient (Wildman–Crippen LogP) is 2.65. The Morgan fingerprint density at radius 2 is 2.29 bits per heavy atom. The first-order valence-electron chi connectivity index (χ1n) is 6.80. The van der Waals surface area contributed by atoms with E-state index in [0.717, 1.165) is 22.1 Å². The number of aromatic nitrogens is 1. The van der Waals surface area contributed by atoms with E-state index >= 15 is 0 Å². The molecule has 1 atom stereocenters. The van der Waals surface area contributed by atoms with Crippen LogP contribution in [-0.2, 0) is 21.3 Å². The molecule has 4 nitrogen and oxygen atoms in total. The highest BCUT2D eigenvalue weighted by molar-refractivity contribution is 7.84. The summed E-state index contributed by atoms with van der Waals surface area (Å²) in [4.78, 5) is 17.3. The highest BCUT2D eigenvalue weighted by Crippen LogP contribution is 2.28. The second kappa shape index (κ2) is 6.81. The molecule has 1 N–H and O–H groups in total. The van der Waals surface area contributed by atoms with Crippen LogP contribution in [0.5, 0.6) is 0 Å². The van der Waals surface area contributed by atoms with Gasteiger partial charge in [0.25, 0.3) is 0 Å². The molecule has 0 aliphatic heterocycles. The van der Waals surface area contributed by atoms with Crippen molar-refractivity contribution in [3.05, 3.63) is 28.6 Å². The molecule has 1 fully saturated rings. The number of carbonyl (C=O) groups is 1. The van der Waals surface area contributed by atoms with Gasteiger partial charge in [-0.15, -0.1) is 22.7 Å². The molecule has 2 heterocycles. The quantitative estimate of drug-likeness (QED) is 0.843. The van der Waals surface area contributed by atoms with Gasteiger partial charge in [-0.05, 0) is 30.2 Å². The van der Waals surface area contributed by atoms with Crippen LogP contribution in [0.3, 0.4) is 0 Å². The van der Waals surface area contributed by atoms with Crippen molar-refractivity contribution in [2.24, 2.45) is 5.92 Å². The Bertz CT molecular complexity index is 632. The van der Waals surface area contributed by atoms with Gasteiger partial charge in [-0.1, -0.05) is 6.07 Å². The number of hydrogen-bond donors (Lipinski definition) is 1. The first-order valence-corrected chi connectivity index (χ1v) is 10.1. The van der Waals surface area contributed by atoms with E-state index in [1.165, 1.54) is 12.8 Å². The predicted molar refractivity (Wildman–Crippen MR) is 87.9 cm³/mol. The zero-order valence-electron chi connectivity index (χ0n) is 11.4. The molecule has 3 rings (SSSR count). The van der Waals surface area contributed by atoms with E-state index in [1.807, 2.05) is 22.9 Å². The summed E-state index contributed by atoms with van der Waals surface area (Å²) < 4.78 is 12.0. The minimum absolute atomic E-state index is 0.0680. The SMILES string of the molecule is O=C(C[S@@](=O)Cc1csc(-c2cccs2)n1)NCC1CC1. The summed E-state index contributed by atoms with van der Waals surface area (Å²) in [6.07, 6.45) is 2.40. The minimum atomic E-state index is -1.19. The summed E-state index contributed by atoms with van der Waals surface area (Å²) in [7, 11) is -1.19. The van der Waals surface area contributed by atoms with Gasteiger partial charge in [0.15, 0.2) is 0 Å². The number of amides is 1. The number of thiazole rings is 1. The first-order chi connectivity index (χ1) is 10.2. The largest absolute Gasteiger partial charge is 0.355 e. The van der Waals surface area contributed by atoms with Gasteiger partial charge in [-0.2, -0.15) is 0 Å². The number of rotatable bonds is 7. The lowest BCUT2D eigenvalue weighted by Crippen LogP contribution is -2.30. The van der Waals surface area contributed by atoms with Crippen molar-refractivity contribution >= 4 is 39.4 Å². The van der Waals surface area contributed by atoms with Gasteiger partial charge in [0.2, 0.25) is 5.91 Å². The molecule has 0 radical (unpaired) electrons. The number of thiophene rings is 1. The highest BCUT2D eigenvalue weighted by atomic mass is 32.2. The fourth-order valence-electron chi connectivity index (χ4n) is 1.88. The molecule has 0 saturated heterocycles. The van der Waals surface area contributed by atoms with Crippen molar-refractivity contribution in [2.45, 2.75) is 18.6 Å². The van der Waals surface area contributed by atoms with Crippen LogP contribution in [0.15, 0.2) is 22.9 Å². The molecule has 2 aromatic rings. The average molecular weight is 340 g/mol. The fourth-order valence-corrected chi connectivity index (χ4v) is 4.59. The summed E-state index contributed by atoms with van der Waals surface area (Å²) in [6.45, 7) is 0.731. The zero-order chi connectivity index (χ0) is 14.7. The molecule has 1 aliphatic rings. The van der Waals surface area contributed by atoms with Crippen LogP contribution in [0.4, 0.5) is 0 Å². The molecule has 0 bridgehead atoms. The van der Waals surface area contributed by atoms with Crippen LogP contribution >= 0.6 is 22.7 Å². The first kappa shape index (κ1) is 14.9. The fraction of sp³-hybridized carbons (Fsp3) is 0.429. The smallest absolute Gasteiger partial charge is 0.232 e. The van der Waals surface area contributed by atoms with Gasteiger partial charge in [-0.25, -0.2) is 4.98 Å². The highest BCUT2D eigenvalue weighted by Gasteiger charge is 2.22. The Hall–Kier alpha value is -1.05. The Morgan fingerprint density at radius 3 is 3.00 bits per heavy atom. The van der Waals surface area contributed by atoms with Gasteiger partial charge in [-0.3, -0.25) is 9.00 Å². The van der Waals surface area contributed by atoms with Crippen molar-refractivity contribution in [1.82, 2.24) is 10.3 Å².